The van der Waals surface area contributed by atoms with Crippen LogP contribution in [-0.2, 0) is 0 Å². The fourth-order valence-electron chi connectivity index (χ4n) is 0.799. The van der Waals surface area contributed by atoms with Crippen LogP contribution in [0.5, 0.6) is 11.5 Å². The molecule has 0 aromatic heterocycles. The SMILES string of the molecule is COc1cc[c]([Pb])c(OC)c1. The second kappa shape index (κ2) is 3.94. The average molecular weight is 344 g/mol. The average Bonchev–Trinajstić information content (AvgIpc) is 2.05. The molecule has 1 aromatic rings. The van der Waals surface area contributed by atoms with Gasteiger partial charge in [-0.05, 0) is 0 Å². The summed E-state index contributed by atoms with van der Waals surface area (Å²) in [4.78, 5) is 0. The third-order valence-electron chi connectivity index (χ3n) is 1.41. The zero-order chi connectivity index (χ0) is 8.27. The summed E-state index contributed by atoms with van der Waals surface area (Å²) in [6.07, 6.45) is 0. The third kappa shape index (κ3) is 2.08. The predicted octanol–water partition coefficient (Wildman–Crippen LogP) is 0.498. The van der Waals surface area contributed by atoms with Gasteiger partial charge in [-0.15, -0.1) is 0 Å². The van der Waals surface area contributed by atoms with Gasteiger partial charge in [-0.25, -0.2) is 0 Å². The summed E-state index contributed by atoms with van der Waals surface area (Å²) in [5, 5.41) is 0. The van der Waals surface area contributed by atoms with Crippen molar-refractivity contribution in [1.29, 1.82) is 0 Å². The first-order chi connectivity index (χ1) is 5.27. The van der Waals surface area contributed by atoms with E-state index in [1.807, 2.05) is 18.2 Å². The molecule has 0 saturated carbocycles. The van der Waals surface area contributed by atoms with Crippen LogP contribution in [0.2, 0.25) is 0 Å². The van der Waals surface area contributed by atoms with Gasteiger partial charge in [-0.2, -0.15) is 0 Å². The van der Waals surface area contributed by atoms with Crippen LogP contribution in [0.1, 0.15) is 0 Å². The Balaban J connectivity index is 3.02. The monoisotopic (exact) mass is 345 g/mol. The van der Waals surface area contributed by atoms with Crippen molar-refractivity contribution in [2.45, 2.75) is 0 Å². The molecule has 0 N–H and O–H groups in total. The van der Waals surface area contributed by atoms with E-state index in [2.05, 4.69) is 0 Å². The van der Waals surface area contributed by atoms with Gasteiger partial charge in [0, 0.05) is 0 Å². The van der Waals surface area contributed by atoms with Gasteiger partial charge < -0.3 is 0 Å². The molecule has 3 radical (unpaired) electrons. The molecule has 0 fully saturated rings. The summed E-state index contributed by atoms with van der Waals surface area (Å²) in [5.74, 6) is 1.78. The van der Waals surface area contributed by atoms with Crippen molar-refractivity contribution >= 4 is 28.9 Å². The molecule has 0 heterocycles. The van der Waals surface area contributed by atoms with Gasteiger partial charge in [0.05, 0.1) is 0 Å². The van der Waals surface area contributed by atoms with Crippen LogP contribution >= 0.6 is 0 Å². The van der Waals surface area contributed by atoms with Crippen LogP contribution in [0, 0.1) is 0 Å². The van der Waals surface area contributed by atoms with Gasteiger partial charge in [-0.1, -0.05) is 0 Å². The first-order valence-corrected chi connectivity index (χ1v) is 5.16. The van der Waals surface area contributed by atoms with Crippen LogP contribution < -0.4 is 12.6 Å². The van der Waals surface area contributed by atoms with E-state index in [0.29, 0.717) is 0 Å². The molecule has 0 atom stereocenters. The molecule has 1 rings (SSSR count). The number of benzene rings is 1. The standard InChI is InChI=1S/C8H9O2.Pb/c1-9-7-4-3-5-8(6-7)10-2;/h3-4,6H,1-2H3;. The van der Waals surface area contributed by atoms with Crippen LogP contribution in [0.25, 0.3) is 0 Å². The van der Waals surface area contributed by atoms with E-state index in [1.165, 1.54) is 3.12 Å². The van der Waals surface area contributed by atoms with Crippen molar-refractivity contribution in [3.63, 3.8) is 0 Å². The molecule has 0 aliphatic carbocycles. The van der Waals surface area contributed by atoms with Gasteiger partial charge in [0.1, 0.15) is 0 Å². The predicted molar refractivity (Wildman–Crippen MR) is 44.9 cm³/mol. The van der Waals surface area contributed by atoms with Crippen molar-refractivity contribution in [3.05, 3.63) is 18.2 Å². The second-order valence-electron chi connectivity index (χ2n) is 2.07. The topological polar surface area (TPSA) is 18.5 Å². The Labute approximate surface area is 82.2 Å². The number of rotatable bonds is 2. The van der Waals surface area contributed by atoms with Crippen LogP contribution in [0.15, 0.2) is 18.2 Å². The Morgan fingerprint density at radius 1 is 1.18 bits per heavy atom. The molecule has 0 aliphatic heterocycles. The molecular weight excluding hydrogens is 335 g/mol. The Bertz CT molecular complexity index is 248. The Morgan fingerprint density at radius 3 is 2.45 bits per heavy atom. The Kier molecular flexibility index (Phi) is 3.17. The first kappa shape index (κ1) is 8.84. The van der Waals surface area contributed by atoms with Crippen molar-refractivity contribution in [3.8, 4) is 11.5 Å². The van der Waals surface area contributed by atoms with E-state index < -0.39 is 0 Å². The van der Waals surface area contributed by atoms with E-state index in [4.69, 9.17) is 9.47 Å². The maximum absolute atomic E-state index is 5.14. The molecular formula is C8H9O2Pb. The summed E-state index contributed by atoms with van der Waals surface area (Å²) in [6.45, 7) is 0. The molecule has 0 bridgehead atoms. The van der Waals surface area contributed by atoms with Crippen molar-refractivity contribution < 1.29 is 9.47 Å². The van der Waals surface area contributed by atoms with E-state index in [1.54, 1.807) is 14.2 Å². The quantitative estimate of drug-likeness (QED) is 0.728. The minimum atomic E-state index is 0.849. The molecule has 1 aromatic carbocycles. The normalized spacial score (nSPS) is 9.36. The van der Waals surface area contributed by atoms with Crippen molar-refractivity contribution in [2.24, 2.45) is 0 Å². The van der Waals surface area contributed by atoms with Crippen LogP contribution in [0.4, 0.5) is 0 Å². The Morgan fingerprint density at radius 2 is 1.91 bits per heavy atom. The zero-order valence-corrected chi connectivity index (χ0v) is 10.4. The molecule has 11 heavy (non-hydrogen) atoms. The van der Waals surface area contributed by atoms with Crippen LogP contribution in [-0.4, -0.2) is 40.0 Å². The van der Waals surface area contributed by atoms with Gasteiger partial charge >= 0.3 is 82.3 Å². The molecule has 0 spiro atoms. The van der Waals surface area contributed by atoms with Gasteiger partial charge in [0.15, 0.2) is 0 Å². The Hall–Kier alpha value is -0.258. The fourth-order valence-corrected chi connectivity index (χ4v) is 1.80. The molecule has 2 nitrogen and oxygen atoms in total. The fraction of sp³-hybridized carbons (Fsp3) is 0.250. The second-order valence-corrected chi connectivity index (χ2v) is 4.16. The van der Waals surface area contributed by atoms with E-state index in [0.717, 1.165) is 37.3 Å². The van der Waals surface area contributed by atoms with E-state index in [-0.39, 0.29) is 0 Å². The third-order valence-corrected chi connectivity index (χ3v) is 3.01. The molecule has 0 amide bonds. The summed E-state index contributed by atoms with van der Waals surface area (Å²) in [6, 6.07) is 5.89. The minimum absolute atomic E-state index is 0.849. The van der Waals surface area contributed by atoms with E-state index in [9.17, 15) is 0 Å². The summed E-state index contributed by atoms with van der Waals surface area (Å²) >= 11 is 1.01. The van der Waals surface area contributed by atoms with E-state index >= 15 is 0 Å². The van der Waals surface area contributed by atoms with Crippen LogP contribution in [0.3, 0.4) is 0 Å². The summed E-state index contributed by atoms with van der Waals surface area (Å²) in [5.41, 5.74) is 0. The first-order valence-electron chi connectivity index (χ1n) is 3.21. The number of methoxy groups -OCH3 is 2. The van der Waals surface area contributed by atoms with Gasteiger partial charge in [-0.3, -0.25) is 0 Å². The molecule has 3 heteroatoms. The van der Waals surface area contributed by atoms with Crippen molar-refractivity contribution in [2.75, 3.05) is 14.2 Å². The zero-order valence-electron chi connectivity index (χ0n) is 6.55. The maximum atomic E-state index is 5.14. The van der Waals surface area contributed by atoms with Gasteiger partial charge in [0.25, 0.3) is 0 Å². The molecule has 0 saturated heterocycles. The molecule has 57 valence electrons. The number of ether oxygens (including phenoxy) is 2. The molecule has 0 unspecified atom stereocenters. The summed E-state index contributed by atoms with van der Waals surface area (Å²) < 4.78 is 11.4. The van der Waals surface area contributed by atoms with Gasteiger partial charge in [0.2, 0.25) is 0 Å². The number of hydrogen-bond acceptors (Lipinski definition) is 2. The number of hydrogen-bond donors (Lipinski definition) is 0. The van der Waals surface area contributed by atoms with Crippen molar-refractivity contribution in [1.82, 2.24) is 0 Å². The summed E-state index contributed by atoms with van der Waals surface area (Å²) in [7, 11) is 3.33. The molecule has 0 aliphatic rings.